The van der Waals surface area contributed by atoms with Crippen LogP contribution in [0.15, 0.2) is 24.0 Å². The van der Waals surface area contributed by atoms with Gasteiger partial charge in [-0.2, -0.15) is 0 Å². The second-order valence-corrected chi connectivity index (χ2v) is 8.29. The van der Waals surface area contributed by atoms with Gasteiger partial charge in [0.2, 0.25) is 0 Å². The third-order valence-corrected chi connectivity index (χ3v) is 6.27. The van der Waals surface area contributed by atoms with Crippen LogP contribution in [0.1, 0.15) is 23.5 Å². The Morgan fingerprint density at radius 2 is 2.29 bits per heavy atom. The van der Waals surface area contributed by atoms with Crippen LogP contribution < -0.4 is 11.1 Å². The van der Waals surface area contributed by atoms with Gasteiger partial charge in [0.25, 0.3) is 5.91 Å². The largest absolute Gasteiger partial charge is 0.394 e. The number of carbonyl (C=O) groups excluding carboxylic acids is 1. The summed E-state index contributed by atoms with van der Waals surface area (Å²) in [5.41, 5.74) is 5.88. The van der Waals surface area contributed by atoms with Gasteiger partial charge in [-0.05, 0) is 13.0 Å². The molecule has 31 heavy (non-hydrogen) atoms. The van der Waals surface area contributed by atoms with Gasteiger partial charge in [0.1, 0.15) is 35.6 Å². The molecule has 0 aliphatic carbocycles. The highest BCUT2D eigenvalue weighted by Crippen LogP contribution is 2.43. The van der Waals surface area contributed by atoms with Crippen molar-refractivity contribution in [3.63, 3.8) is 0 Å². The molecule has 3 aromatic heterocycles. The van der Waals surface area contributed by atoms with Crippen LogP contribution in [-0.4, -0.2) is 66.7 Å². The van der Waals surface area contributed by atoms with Crippen molar-refractivity contribution < 1.29 is 24.9 Å². The average Bonchev–Trinajstić information content (AvgIpc) is 3.43. The highest BCUT2D eigenvalue weighted by atomic mass is 32.1. The lowest BCUT2D eigenvalue weighted by atomic mass is 9.96. The molecule has 3 aromatic rings. The molecule has 11 heteroatoms. The number of nitrogens with zero attached hydrogens (tertiary/aromatic N) is 3. The fourth-order valence-electron chi connectivity index (χ4n) is 3.69. The van der Waals surface area contributed by atoms with Crippen molar-refractivity contribution in [2.24, 2.45) is 0 Å². The van der Waals surface area contributed by atoms with Crippen molar-refractivity contribution in [1.82, 2.24) is 19.9 Å². The minimum absolute atomic E-state index is 0.118. The van der Waals surface area contributed by atoms with Gasteiger partial charge >= 0.3 is 0 Å². The predicted molar refractivity (Wildman–Crippen MR) is 114 cm³/mol. The van der Waals surface area contributed by atoms with Crippen molar-refractivity contribution in [2.75, 3.05) is 18.9 Å². The zero-order valence-corrected chi connectivity index (χ0v) is 17.3. The summed E-state index contributed by atoms with van der Waals surface area (Å²) >= 11 is 1.32. The Hall–Kier alpha value is -3.01. The van der Waals surface area contributed by atoms with Crippen LogP contribution in [0.25, 0.3) is 21.5 Å². The summed E-state index contributed by atoms with van der Waals surface area (Å²) in [6, 6.07) is 1.70. The molecule has 2 unspecified atom stereocenters. The van der Waals surface area contributed by atoms with Crippen LogP contribution in [0.3, 0.4) is 0 Å². The zero-order chi connectivity index (χ0) is 22.3. The van der Waals surface area contributed by atoms with E-state index in [1.807, 2.05) is 0 Å². The van der Waals surface area contributed by atoms with Crippen molar-refractivity contribution in [1.29, 1.82) is 0 Å². The van der Waals surface area contributed by atoms with E-state index in [1.165, 1.54) is 24.6 Å². The van der Waals surface area contributed by atoms with E-state index in [2.05, 4.69) is 21.2 Å². The molecule has 4 rings (SSSR count). The molecular weight excluding hydrogens is 422 g/mol. The number of aromatic nitrogens is 3. The lowest BCUT2D eigenvalue weighted by Crippen LogP contribution is -2.44. The predicted octanol–water partition coefficient (Wildman–Crippen LogP) is 0.107. The minimum atomic E-state index is -1.70. The first-order valence-electron chi connectivity index (χ1n) is 9.38. The van der Waals surface area contributed by atoms with Crippen molar-refractivity contribution in [3.05, 3.63) is 29.5 Å². The number of terminal acetylenes is 1. The Morgan fingerprint density at radius 1 is 1.52 bits per heavy atom. The summed E-state index contributed by atoms with van der Waals surface area (Å²) in [5, 5.41) is 35.6. The molecule has 6 N–H and O–H groups in total. The minimum Gasteiger partial charge on any atom is -0.394 e. The summed E-state index contributed by atoms with van der Waals surface area (Å²) in [5.74, 6) is 2.26. The molecule has 0 spiro atoms. The van der Waals surface area contributed by atoms with Gasteiger partial charge in [0.05, 0.1) is 24.1 Å². The molecule has 1 amide bonds. The zero-order valence-electron chi connectivity index (χ0n) is 16.5. The highest BCUT2D eigenvalue weighted by Gasteiger charge is 2.53. The standard InChI is InChI=1S/C20H21N5O5S/c1-3-4-22-18(28)10-5-13(31-8-10)11-6-25(17-14(11)16(21)23-9-24-17)19-20(2,29)15(27)12(7-26)30-19/h1,5-6,8-9,12,15,19,26-27,29H,4,7H2,2H3,(H,22,28)(H2,21,23,24)/t12?,15?,19-,20-/m1/s1. The summed E-state index contributed by atoms with van der Waals surface area (Å²) in [7, 11) is 0. The lowest BCUT2D eigenvalue weighted by molar-refractivity contribution is -0.0948. The number of anilines is 1. The topological polar surface area (TPSA) is 156 Å². The van der Waals surface area contributed by atoms with Crippen molar-refractivity contribution in [2.45, 2.75) is 31.0 Å². The third kappa shape index (κ3) is 3.44. The number of thiophene rings is 1. The van der Waals surface area contributed by atoms with Crippen LogP contribution in [0, 0.1) is 12.3 Å². The summed E-state index contributed by atoms with van der Waals surface area (Å²) in [6.45, 7) is 1.08. The number of nitrogens with one attached hydrogen (secondary N) is 1. The summed E-state index contributed by atoms with van der Waals surface area (Å²) in [6.07, 6.45) is 4.84. The molecule has 0 saturated carbocycles. The number of hydrogen-bond donors (Lipinski definition) is 5. The monoisotopic (exact) mass is 443 g/mol. The van der Waals surface area contributed by atoms with Crippen molar-refractivity contribution in [3.8, 4) is 22.8 Å². The Balaban J connectivity index is 1.82. The van der Waals surface area contributed by atoms with E-state index in [9.17, 15) is 20.1 Å². The SMILES string of the molecule is C#CCNC(=O)c1csc(-c2cn([C@@H]3OC(CO)C(O)[C@@]3(C)O)c3ncnc(N)c23)c1. The van der Waals surface area contributed by atoms with Gasteiger partial charge in [-0.15, -0.1) is 17.8 Å². The Labute approximate surface area is 181 Å². The van der Waals surface area contributed by atoms with E-state index in [1.54, 1.807) is 22.2 Å². The van der Waals surface area contributed by atoms with Crippen LogP contribution in [-0.2, 0) is 4.74 Å². The second kappa shape index (κ2) is 7.92. The van der Waals surface area contributed by atoms with Gasteiger partial charge in [-0.1, -0.05) is 5.92 Å². The Kier molecular flexibility index (Phi) is 5.42. The third-order valence-electron chi connectivity index (χ3n) is 5.30. The number of fused-ring (bicyclic) bond motifs is 1. The molecule has 0 bridgehead atoms. The maximum Gasteiger partial charge on any atom is 0.252 e. The maximum absolute atomic E-state index is 12.2. The number of rotatable bonds is 5. The second-order valence-electron chi connectivity index (χ2n) is 7.37. The number of amides is 1. The molecule has 1 aliphatic rings. The number of ether oxygens (including phenoxy) is 1. The van der Waals surface area contributed by atoms with E-state index in [0.29, 0.717) is 27.0 Å². The first-order chi connectivity index (χ1) is 14.8. The van der Waals surface area contributed by atoms with Gasteiger partial charge in [0, 0.05) is 22.0 Å². The molecule has 4 heterocycles. The van der Waals surface area contributed by atoms with Gasteiger partial charge < -0.3 is 35.7 Å². The van der Waals surface area contributed by atoms with Gasteiger partial charge in [-0.3, -0.25) is 4.79 Å². The van der Waals surface area contributed by atoms with E-state index in [0.717, 1.165) is 0 Å². The number of aliphatic hydroxyl groups excluding tert-OH is 2. The van der Waals surface area contributed by atoms with Crippen LogP contribution in [0.2, 0.25) is 0 Å². The quantitative estimate of drug-likeness (QED) is 0.348. The van der Waals surface area contributed by atoms with Crippen molar-refractivity contribution >= 4 is 34.1 Å². The molecule has 0 aromatic carbocycles. The molecule has 1 fully saturated rings. The fourth-order valence-corrected chi connectivity index (χ4v) is 4.60. The normalized spacial score (nSPS) is 25.6. The Morgan fingerprint density at radius 3 is 2.97 bits per heavy atom. The van der Waals surface area contributed by atoms with Gasteiger partial charge in [0.15, 0.2) is 6.23 Å². The lowest BCUT2D eigenvalue weighted by Gasteiger charge is -2.27. The number of hydrogen-bond acceptors (Lipinski definition) is 9. The fraction of sp³-hybridized carbons (Fsp3) is 0.350. The number of carbonyl (C=O) groups is 1. The van der Waals surface area contributed by atoms with E-state index < -0.39 is 30.6 Å². The molecular formula is C20H21N5O5S. The maximum atomic E-state index is 12.2. The number of nitrogen functional groups attached to an aromatic ring is 1. The summed E-state index contributed by atoms with van der Waals surface area (Å²) in [4.78, 5) is 21.3. The smallest absolute Gasteiger partial charge is 0.252 e. The first-order valence-corrected chi connectivity index (χ1v) is 10.3. The van der Waals surface area contributed by atoms with Crippen LogP contribution >= 0.6 is 11.3 Å². The molecule has 162 valence electrons. The number of nitrogens with two attached hydrogens (primary N) is 1. The van der Waals surface area contributed by atoms with Gasteiger partial charge in [-0.25, -0.2) is 9.97 Å². The molecule has 0 radical (unpaired) electrons. The van der Waals surface area contributed by atoms with Crippen LogP contribution in [0.4, 0.5) is 5.82 Å². The summed E-state index contributed by atoms with van der Waals surface area (Å²) < 4.78 is 7.30. The molecule has 4 atom stereocenters. The molecule has 10 nitrogen and oxygen atoms in total. The first kappa shape index (κ1) is 21.2. The number of aliphatic hydroxyl groups is 3. The van der Waals surface area contributed by atoms with E-state index >= 15 is 0 Å². The van der Waals surface area contributed by atoms with E-state index in [-0.39, 0.29) is 18.3 Å². The molecule has 1 aliphatic heterocycles. The Bertz CT molecular complexity index is 1180. The molecule has 1 saturated heterocycles. The van der Waals surface area contributed by atoms with Crippen LogP contribution in [0.5, 0.6) is 0 Å². The van der Waals surface area contributed by atoms with E-state index in [4.69, 9.17) is 16.9 Å². The average molecular weight is 443 g/mol. The highest BCUT2D eigenvalue weighted by molar-refractivity contribution is 7.14.